The second-order valence-electron chi connectivity index (χ2n) is 7.12. The lowest BCUT2D eigenvalue weighted by Crippen LogP contribution is -2.30. The Bertz CT molecular complexity index is 1040. The summed E-state index contributed by atoms with van der Waals surface area (Å²) in [7, 11) is 2.05. The lowest BCUT2D eigenvalue weighted by molar-refractivity contribution is -0.118. The number of amides is 1. The fourth-order valence-electron chi connectivity index (χ4n) is 3.22. The number of nitrogens with one attached hydrogen (secondary N) is 1. The molecular weight excluding hydrogens is 396 g/mol. The Kier molecular flexibility index (Phi) is 7.90. The number of carbonyl (C=O) groups is 1. The number of benzene rings is 2. The van der Waals surface area contributed by atoms with Gasteiger partial charge in [0.15, 0.2) is 5.16 Å². The van der Waals surface area contributed by atoms with E-state index in [4.69, 9.17) is 0 Å². The third-order valence-corrected chi connectivity index (χ3v) is 5.77. The molecule has 0 atom stereocenters. The van der Waals surface area contributed by atoms with Crippen molar-refractivity contribution in [2.45, 2.75) is 31.5 Å². The lowest BCUT2D eigenvalue weighted by Gasteiger charge is -2.19. The van der Waals surface area contributed by atoms with E-state index in [1.165, 1.54) is 11.8 Å². The summed E-state index contributed by atoms with van der Waals surface area (Å²) in [5, 5.41) is 4.17. The number of hydrogen-bond acceptors (Lipinski definition) is 5. The molecule has 0 bridgehead atoms. The van der Waals surface area contributed by atoms with E-state index in [1.54, 1.807) is 10.6 Å². The predicted octanol–water partition coefficient (Wildman–Crippen LogP) is 3.54. The highest BCUT2D eigenvalue weighted by molar-refractivity contribution is 7.99. The molecule has 3 aromatic rings. The molecule has 0 aliphatic carbocycles. The van der Waals surface area contributed by atoms with Crippen molar-refractivity contribution in [3.05, 3.63) is 65.0 Å². The third kappa shape index (κ3) is 5.63. The topological polar surface area (TPSA) is 67.2 Å². The van der Waals surface area contributed by atoms with Gasteiger partial charge in [-0.3, -0.25) is 14.2 Å². The van der Waals surface area contributed by atoms with Crippen LogP contribution in [0.3, 0.4) is 0 Å². The van der Waals surface area contributed by atoms with Gasteiger partial charge < -0.3 is 10.2 Å². The van der Waals surface area contributed by atoms with Crippen LogP contribution in [-0.2, 0) is 11.3 Å². The van der Waals surface area contributed by atoms with Crippen LogP contribution in [0.5, 0.6) is 0 Å². The van der Waals surface area contributed by atoms with Crippen molar-refractivity contribution < 1.29 is 4.79 Å². The monoisotopic (exact) mass is 424 g/mol. The average molecular weight is 425 g/mol. The summed E-state index contributed by atoms with van der Waals surface area (Å²) in [6.07, 6.45) is 1.69. The van der Waals surface area contributed by atoms with E-state index in [-0.39, 0.29) is 17.2 Å². The summed E-state index contributed by atoms with van der Waals surface area (Å²) >= 11 is 1.31. The molecule has 0 unspecified atom stereocenters. The predicted molar refractivity (Wildman–Crippen MR) is 124 cm³/mol. The zero-order valence-electron chi connectivity index (χ0n) is 17.5. The van der Waals surface area contributed by atoms with Crippen LogP contribution in [0.2, 0.25) is 0 Å². The van der Waals surface area contributed by atoms with Gasteiger partial charge in [-0.15, -0.1) is 0 Å². The minimum absolute atomic E-state index is 0.0469. The fraction of sp³-hybridized carbons (Fsp3) is 0.348. The molecule has 0 aliphatic heterocycles. The van der Waals surface area contributed by atoms with Crippen LogP contribution in [0.25, 0.3) is 10.9 Å². The summed E-state index contributed by atoms with van der Waals surface area (Å²) in [4.78, 5) is 31.9. The minimum atomic E-state index is -0.0483. The number of para-hydroxylation sites is 2. The average Bonchev–Trinajstić information content (AvgIpc) is 2.78. The summed E-state index contributed by atoms with van der Waals surface area (Å²) in [5.41, 5.74) is 1.78. The number of fused-ring (bicyclic) bond motifs is 1. The Balaban J connectivity index is 1.52. The molecule has 3 rings (SSSR count). The molecule has 0 radical (unpaired) electrons. The van der Waals surface area contributed by atoms with Gasteiger partial charge in [-0.25, -0.2) is 4.98 Å². The van der Waals surface area contributed by atoms with Crippen LogP contribution in [0.4, 0.5) is 5.69 Å². The van der Waals surface area contributed by atoms with Crippen molar-refractivity contribution in [2.24, 2.45) is 0 Å². The highest BCUT2D eigenvalue weighted by atomic mass is 32.2. The number of nitrogens with zero attached hydrogens (tertiary/aromatic N) is 3. The van der Waals surface area contributed by atoms with Gasteiger partial charge in [0.25, 0.3) is 5.56 Å². The highest BCUT2D eigenvalue weighted by Gasteiger charge is 2.12. The van der Waals surface area contributed by atoms with Crippen molar-refractivity contribution in [1.82, 2.24) is 14.9 Å². The Hall–Kier alpha value is -2.80. The summed E-state index contributed by atoms with van der Waals surface area (Å²) in [6, 6.07) is 17.5. The SMILES string of the molecule is CCCn1c(SCC(=O)NCCCN(C)c2ccccc2)nc2ccccc2c1=O. The van der Waals surface area contributed by atoms with E-state index >= 15 is 0 Å². The second kappa shape index (κ2) is 10.8. The van der Waals surface area contributed by atoms with Gasteiger partial charge in [0.1, 0.15) is 0 Å². The van der Waals surface area contributed by atoms with Gasteiger partial charge in [0.05, 0.1) is 16.7 Å². The van der Waals surface area contributed by atoms with Gasteiger partial charge in [-0.2, -0.15) is 0 Å². The summed E-state index contributed by atoms with van der Waals surface area (Å²) in [6.45, 7) is 4.09. The molecule has 30 heavy (non-hydrogen) atoms. The highest BCUT2D eigenvalue weighted by Crippen LogP contribution is 2.18. The van der Waals surface area contributed by atoms with Crippen LogP contribution in [0.1, 0.15) is 19.8 Å². The third-order valence-electron chi connectivity index (χ3n) is 4.80. The van der Waals surface area contributed by atoms with E-state index in [2.05, 4.69) is 27.3 Å². The first-order chi connectivity index (χ1) is 14.6. The molecular formula is C23H28N4O2S. The maximum Gasteiger partial charge on any atom is 0.262 e. The van der Waals surface area contributed by atoms with Gasteiger partial charge >= 0.3 is 0 Å². The van der Waals surface area contributed by atoms with Crippen molar-refractivity contribution >= 4 is 34.3 Å². The summed E-state index contributed by atoms with van der Waals surface area (Å²) < 4.78 is 1.68. The molecule has 1 amide bonds. The largest absolute Gasteiger partial charge is 0.375 e. The zero-order chi connectivity index (χ0) is 21.3. The standard InChI is InChI=1S/C23H28N4O2S/c1-3-15-27-22(29)19-12-7-8-13-20(19)25-23(27)30-17-21(28)24-14-9-16-26(2)18-10-5-4-6-11-18/h4-8,10-13H,3,9,14-17H2,1-2H3,(H,24,28). The Morgan fingerprint density at radius 3 is 2.63 bits per heavy atom. The Morgan fingerprint density at radius 2 is 1.87 bits per heavy atom. The van der Waals surface area contributed by atoms with E-state index in [1.807, 2.05) is 50.4 Å². The number of carbonyl (C=O) groups excluding carboxylic acids is 1. The molecule has 0 fully saturated rings. The van der Waals surface area contributed by atoms with Crippen LogP contribution in [-0.4, -0.2) is 41.3 Å². The fourth-order valence-corrected chi connectivity index (χ4v) is 4.07. The number of aromatic nitrogens is 2. The molecule has 0 saturated heterocycles. The first kappa shape index (κ1) is 21.9. The van der Waals surface area contributed by atoms with Crippen molar-refractivity contribution in [2.75, 3.05) is 30.8 Å². The Labute approximate surface area is 181 Å². The van der Waals surface area contributed by atoms with Crippen molar-refractivity contribution in [3.8, 4) is 0 Å². The van der Waals surface area contributed by atoms with E-state index in [0.717, 1.165) is 25.1 Å². The maximum atomic E-state index is 12.8. The number of rotatable bonds is 10. The second-order valence-corrected chi connectivity index (χ2v) is 8.06. The van der Waals surface area contributed by atoms with Gasteiger partial charge in [-0.1, -0.05) is 49.0 Å². The molecule has 6 nitrogen and oxygen atoms in total. The van der Waals surface area contributed by atoms with E-state index in [0.29, 0.717) is 29.1 Å². The first-order valence-electron chi connectivity index (χ1n) is 10.3. The van der Waals surface area contributed by atoms with Crippen LogP contribution in [0, 0.1) is 0 Å². The van der Waals surface area contributed by atoms with Gasteiger partial charge in [0.2, 0.25) is 5.91 Å². The molecule has 0 spiro atoms. The molecule has 0 aliphatic rings. The van der Waals surface area contributed by atoms with Gasteiger partial charge in [-0.05, 0) is 37.1 Å². The molecule has 0 saturated carbocycles. The Morgan fingerprint density at radius 1 is 1.13 bits per heavy atom. The van der Waals surface area contributed by atoms with Crippen molar-refractivity contribution in [3.63, 3.8) is 0 Å². The zero-order valence-corrected chi connectivity index (χ0v) is 18.3. The minimum Gasteiger partial charge on any atom is -0.375 e. The molecule has 1 aromatic heterocycles. The van der Waals surface area contributed by atoms with Crippen LogP contribution in [0.15, 0.2) is 64.5 Å². The van der Waals surface area contributed by atoms with E-state index in [9.17, 15) is 9.59 Å². The normalized spacial score (nSPS) is 10.9. The number of thioether (sulfide) groups is 1. The molecule has 1 heterocycles. The number of anilines is 1. The maximum absolute atomic E-state index is 12.8. The molecule has 158 valence electrons. The number of hydrogen-bond donors (Lipinski definition) is 1. The molecule has 7 heteroatoms. The van der Waals surface area contributed by atoms with Crippen LogP contribution < -0.4 is 15.8 Å². The van der Waals surface area contributed by atoms with Crippen LogP contribution >= 0.6 is 11.8 Å². The van der Waals surface area contributed by atoms with E-state index < -0.39 is 0 Å². The molecule has 1 N–H and O–H groups in total. The first-order valence-corrected chi connectivity index (χ1v) is 11.2. The quantitative estimate of drug-likeness (QED) is 0.306. The lowest BCUT2D eigenvalue weighted by atomic mass is 10.2. The smallest absolute Gasteiger partial charge is 0.262 e. The molecule has 2 aromatic carbocycles. The van der Waals surface area contributed by atoms with Crippen molar-refractivity contribution in [1.29, 1.82) is 0 Å². The summed E-state index contributed by atoms with van der Waals surface area (Å²) in [5.74, 6) is 0.191. The van der Waals surface area contributed by atoms with Gasteiger partial charge in [0, 0.05) is 32.4 Å².